The number of halogens is 3. The maximum Gasteiger partial charge on any atom is 0.322 e. The second-order valence-electron chi connectivity index (χ2n) is 9.79. The number of nitrogens with one attached hydrogen (secondary N) is 2. The number of carbonyl (C=O) groups excluding carboxylic acids is 2. The molecule has 0 aliphatic rings. The van der Waals surface area contributed by atoms with E-state index in [0.29, 0.717) is 33.8 Å². The first-order chi connectivity index (χ1) is 17.5. The van der Waals surface area contributed by atoms with Crippen molar-refractivity contribution in [3.63, 3.8) is 0 Å². The molecule has 1 aromatic heterocycles. The van der Waals surface area contributed by atoms with E-state index < -0.39 is 17.8 Å². The van der Waals surface area contributed by atoms with Gasteiger partial charge in [0.05, 0.1) is 21.4 Å². The smallest absolute Gasteiger partial charge is 0.315 e. The molecule has 0 saturated heterocycles. The Hall–Kier alpha value is -3.10. The normalized spacial score (nSPS) is 11.3. The Kier molecular flexibility index (Phi) is 9.56. The van der Waals surface area contributed by atoms with Gasteiger partial charge in [-0.15, -0.1) is 0 Å². The fraction of sp³-hybridized carbons (Fsp3) is 0.370. The number of urea groups is 1. The number of hydrogen-bond donors (Lipinski definition) is 2. The highest BCUT2D eigenvalue weighted by molar-refractivity contribution is 6.42. The minimum absolute atomic E-state index is 0.192. The molecule has 2 N–H and O–H groups in total. The lowest BCUT2D eigenvalue weighted by Crippen LogP contribution is -2.41. The van der Waals surface area contributed by atoms with Gasteiger partial charge in [-0.25, -0.2) is 13.9 Å². The van der Waals surface area contributed by atoms with Crippen LogP contribution in [0, 0.1) is 5.82 Å². The molecule has 0 spiro atoms. The lowest BCUT2D eigenvalue weighted by atomic mass is 9.92. The molecule has 37 heavy (non-hydrogen) atoms. The number of unbranched alkanes of at least 4 members (excludes halogenated alkanes) is 2. The number of anilines is 2. The summed E-state index contributed by atoms with van der Waals surface area (Å²) in [4.78, 5) is 27.5. The van der Waals surface area contributed by atoms with Crippen molar-refractivity contribution in [3.8, 4) is 5.69 Å². The van der Waals surface area contributed by atoms with Crippen molar-refractivity contribution in [2.24, 2.45) is 0 Å². The van der Waals surface area contributed by atoms with E-state index in [-0.39, 0.29) is 12.0 Å². The molecule has 3 rings (SSSR count). The summed E-state index contributed by atoms with van der Waals surface area (Å²) in [5.74, 6) is -0.418. The highest BCUT2D eigenvalue weighted by Crippen LogP contribution is 2.29. The van der Waals surface area contributed by atoms with Gasteiger partial charge >= 0.3 is 6.03 Å². The van der Waals surface area contributed by atoms with Crippen LogP contribution >= 0.6 is 23.2 Å². The summed E-state index contributed by atoms with van der Waals surface area (Å²) in [6.07, 6.45) is 2.60. The first kappa shape index (κ1) is 28.5. The fourth-order valence-corrected chi connectivity index (χ4v) is 3.87. The number of aromatic nitrogens is 2. The molecule has 0 fully saturated rings. The molecule has 0 aliphatic carbocycles. The zero-order chi connectivity index (χ0) is 27.2. The van der Waals surface area contributed by atoms with Gasteiger partial charge < -0.3 is 15.5 Å². The standard InChI is InChI=1S/C27H32Cl2FN5O2/c1-5-6-7-13-34(26(37)31-19-10-8-9-18(30)14-19)17-25(36)32-24-16-23(27(2,3)4)33-35(24)20-11-12-21(28)22(29)15-20/h8-12,14-16H,5-7,13,17H2,1-4H3,(H,31,37)(H,32,36). The van der Waals surface area contributed by atoms with Crippen LogP contribution in [0.5, 0.6) is 0 Å². The third-order valence-corrected chi connectivity index (χ3v) is 6.36. The summed E-state index contributed by atoms with van der Waals surface area (Å²) in [5, 5.41) is 11.0. The van der Waals surface area contributed by atoms with Crippen molar-refractivity contribution in [1.82, 2.24) is 14.7 Å². The Morgan fingerprint density at radius 3 is 2.43 bits per heavy atom. The van der Waals surface area contributed by atoms with Crippen LogP contribution in [0.15, 0.2) is 48.5 Å². The number of rotatable bonds is 9. The predicted octanol–water partition coefficient (Wildman–Crippen LogP) is 7.28. The summed E-state index contributed by atoms with van der Waals surface area (Å²) < 4.78 is 15.2. The molecule has 3 amide bonds. The van der Waals surface area contributed by atoms with Crippen LogP contribution in [0.3, 0.4) is 0 Å². The van der Waals surface area contributed by atoms with Gasteiger partial charge in [0, 0.05) is 23.7 Å². The average molecular weight is 548 g/mol. The highest BCUT2D eigenvalue weighted by atomic mass is 35.5. The van der Waals surface area contributed by atoms with E-state index in [2.05, 4.69) is 22.7 Å². The third-order valence-electron chi connectivity index (χ3n) is 5.62. The zero-order valence-corrected chi connectivity index (χ0v) is 23.0. The fourth-order valence-electron chi connectivity index (χ4n) is 3.58. The summed E-state index contributed by atoms with van der Waals surface area (Å²) in [6.45, 7) is 8.30. The highest BCUT2D eigenvalue weighted by Gasteiger charge is 2.23. The average Bonchev–Trinajstić information content (AvgIpc) is 3.24. The zero-order valence-electron chi connectivity index (χ0n) is 21.4. The predicted molar refractivity (Wildman–Crippen MR) is 147 cm³/mol. The molecule has 1 heterocycles. The van der Waals surface area contributed by atoms with E-state index in [1.165, 1.54) is 23.1 Å². The first-order valence-electron chi connectivity index (χ1n) is 12.1. The van der Waals surface area contributed by atoms with E-state index in [1.807, 2.05) is 20.8 Å². The molecule has 0 unspecified atom stereocenters. The lowest BCUT2D eigenvalue weighted by Gasteiger charge is -2.23. The third kappa shape index (κ3) is 7.94. The van der Waals surface area contributed by atoms with Gasteiger partial charge in [0.25, 0.3) is 0 Å². The maximum absolute atomic E-state index is 13.6. The van der Waals surface area contributed by atoms with Crippen LogP contribution in [0.4, 0.5) is 20.7 Å². The molecule has 3 aromatic rings. The molecule has 10 heteroatoms. The van der Waals surface area contributed by atoms with E-state index in [4.69, 9.17) is 23.2 Å². The molecule has 198 valence electrons. The molecular formula is C27H32Cl2FN5O2. The molecule has 0 atom stereocenters. The topological polar surface area (TPSA) is 79.3 Å². The largest absolute Gasteiger partial charge is 0.322 e. The summed E-state index contributed by atoms with van der Waals surface area (Å²) >= 11 is 12.3. The van der Waals surface area contributed by atoms with E-state index in [0.717, 1.165) is 25.0 Å². The van der Waals surface area contributed by atoms with Crippen LogP contribution in [0.1, 0.15) is 52.7 Å². The van der Waals surface area contributed by atoms with Crippen molar-refractivity contribution in [2.75, 3.05) is 23.7 Å². The van der Waals surface area contributed by atoms with Gasteiger partial charge in [0.2, 0.25) is 5.91 Å². The molecule has 0 bridgehead atoms. The Morgan fingerprint density at radius 1 is 1.03 bits per heavy atom. The van der Waals surface area contributed by atoms with Crippen LogP contribution in [-0.2, 0) is 10.2 Å². The van der Waals surface area contributed by atoms with Gasteiger partial charge in [-0.2, -0.15) is 5.10 Å². The van der Waals surface area contributed by atoms with Crippen LogP contribution in [0.25, 0.3) is 5.69 Å². The van der Waals surface area contributed by atoms with Crippen molar-refractivity contribution in [2.45, 2.75) is 52.4 Å². The molecule has 0 radical (unpaired) electrons. The Bertz CT molecular complexity index is 1260. The summed E-state index contributed by atoms with van der Waals surface area (Å²) in [5.41, 5.74) is 1.43. The van der Waals surface area contributed by atoms with Gasteiger partial charge in [-0.3, -0.25) is 4.79 Å². The molecule has 0 saturated carbocycles. The first-order valence-corrected chi connectivity index (χ1v) is 12.9. The molecule has 2 aromatic carbocycles. The van der Waals surface area contributed by atoms with E-state index in [1.54, 1.807) is 35.0 Å². The summed E-state index contributed by atoms with van der Waals surface area (Å²) in [7, 11) is 0. The van der Waals surface area contributed by atoms with Crippen LogP contribution in [-0.4, -0.2) is 39.7 Å². The second-order valence-corrected chi connectivity index (χ2v) is 10.6. The molecular weight excluding hydrogens is 516 g/mol. The number of hydrogen-bond acceptors (Lipinski definition) is 3. The molecule has 0 aliphatic heterocycles. The van der Waals surface area contributed by atoms with Crippen molar-refractivity contribution in [1.29, 1.82) is 0 Å². The van der Waals surface area contributed by atoms with Gasteiger partial charge in [0.15, 0.2) is 0 Å². The van der Waals surface area contributed by atoms with E-state index in [9.17, 15) is 14.0 Å². The van der Waals surface area contributed by atoms with Gasteiger partial charge in [-0.1, -0.05) is 69.8 Å². The SMILES string of the molecule is CCCCCN(CC(=O)Nc1cc(C(C)(C)C)nn1-c1ccc(Cl)c(Cl)c1)C(=O)Nc1cccc(F)c1. The Morgan fingerprint density at radius 2 is 1.78 bits per heavy atom. The van der Waals surface area contributed by atoms with E-state index >= 15 is 0 Å². The molecule has 7 nitrogen and oxygen atoms in total. The maximum atomic E-state index is 13.6. The monoisotopic (exact) mass is 547 g/mol. The van der Waals surface area contributed by atoms with Crippen molar-refractivity contribution >= 4 is 46.6 Å². The number of carbonyl (C=O) groups is 2. The number of amides is 3. The Balaban J connectivity index is 1.83. The van der Waals surface area contributed by atoms with Crippen molar-refractivity contribution < 1.29 is 14.0 Å². The van der Waals surface area contributed by atoms with Crippen LogP contribution < -0.4 is 10.6 Å². The Labute approximate surface area is 226 Å². The minimum Gasteiger partial charge on any atom is -0.315 e. The minimum atomic E-state index is -0.481. The van der Waals surface area contributed by atoms with Gasteiger partial charge in [0.1, 0.15) is 18.2 Å². The number of nitrogens with zero attached hydrogens (tertiary/aromatic N) is 3. The van der Waals surface area contributed by atoms with Crippen LogP contribution in [0.2, 0.25) is 10.0 Å². The quantitative estimate of drug-likeness (QED) is 0.276. The number of benzene rings is 2. The lowest BCUT2D eigenvalue weighted by molar-refractivity contribution is -0.116. The second kappa shape index (κ2) is 12.4. The summed E-state index contributed by atoms with van der Waals surface area (Å²) in [6, 6.07) is 12.0. The van der Waals surface area contributed by atoms with Crippen molar-refractivity contribution in [3.05, 3.63) is 70.1 Å². The van der Waals surface area contributed by atoms with Gasteiger partial charge in [-0.05, 0) is 42.8 Å².